The number of anilines is 1. The fourth-order valence-corrected chi connectivity index (χ4v) is 2.75. The van der Waals surface area contributed by atoms with E-state index >= 15 is 0 Å². The van der Waals surface area contributed by atoms with Crippen LogP contribution < -0.4 is 20.2 Å². The van der Waals surface area contributed by atoms with Crippen LogP contribution in [0.4, 0.5) is 5.69 Å². The van der Waals surface area contributed by atoms with Crippen LogP contribution in [-0.2, 0) is 16.2 Å². The number of hydrazone groups is 1. The van der Waals surface area contributed by atoms with Crippen molar-refractivity contribution in [2.45, 2.75) is 13.5 Å². The minimum atomic E-state index is -0.868. The third-order valence-electron chi connectivity index (χ3n) is 4.29. The van der Waals surface area contributed by atoms with Crippen molar-refractivity contribution in [1.82, 2.24) is 5.43 Å². The van der Waals surface area contributed by atoms with Gasteiger partial charge in [-0.05, 0) is 53.9 Å². The highest BCUT2D eigenvalue weighted by Crippen LogP contribution is 2.28. The van der Waals surface area contributed by atoms with Crippen LogP contribution in [0.15, 0.2) is 77.9 Å². The topological polar surface area (TPSA) is 89.0 Å². The molecule has 3 aromatic carbocycles. The Morgan fingerprint density at radius 1 is 0.935 bits per heavy atom. The summed E-state index contributed by atoms with van der Waals surface area (Å²) in [4.78, 5) is 23.9. The van der Waals surface area contributed by atoms with Crippen LogP contribution in [0, 0.1) is 6.92 Å². The Kier molecular flexibility index (Phi) is 7.37. The maximum Gasteiger partial charge on any atom is 0.329 e. The maximum atomic E-state index is 12.0. The molecular weight excluding hydrogens is 394 g/mol. The highest BCUT2D eigenvalue weighted by Gasteiger charge is 2.13. The Labute approximate surface area is 180 Å². The first-order valence-electron chi connectivity index (χ1n) is 9.61. The first-order valence-corrected chi connectivity index (χ1v) is 9.61. The molecule has 3 rings (SSSR count). The third kappa shape index (κ3) is 6.43. The average Bonchev–Trinajstić information content (AvgIpc) is 2.78. The Morgan fingerprint density at radius 2 is 1.74 bits per heavy atom. The van der Waals surface area contributed by atoms with Crippen LogP contribution in [0.5, 0.6) is 11.5 Å². The van der Waals surface area contributed by atoms with Crippen molar-refractivity contribution >= 4 is 23.7 Å². The van der Waals surface area contributed by atoms with Crippen molar-refractivity contribution in [3.05, 3.63) is 89.5 Å². The number of rotatable bonds is 7. The van der Waals surface area contributed by atoms with Crippen LogP contribution in [-0.4, -0.2) is 25.1 Å². The van der Waals surface area contributed by atoms with E-state index in [0.717, 1.165) is 11.1 Å². The first-order chi connectivity index (χ1) is 15.0. The standard InChI is InChI=1S/C24H23N3O4/c1-17-7-6-10-20(13-17)26-23(28)24(29)27-25-15-19-11-12-21(22(14-19)30-2)31-16-18-8-4-3-5-9-18/h3-15H,16H2,1-2H3,(H,26,28)(H,27,29). The number of hydrogen-bond acceptors (Lipinski definition) is 5. The van der Waals surface area contributed by atoms with Crippen LogP contribution in [0.3, 0.4) is 0 Å². The van der Waals surface area contributed by atoms with Gasteiger partial charge in [0.2, 0.25) is 0 Å². The molecule has 158 valence electrons. The third-order valence-corrected chi connectivity index (χ3v) is 4.29. The molecule has 7 nitrogen and oxygen atoms in total. The number of aryl methyl sites for hydroxylation is 1. The van der Waals surface area contributed by atoms with Gasteiger partial charge in [0.15, 0.2) is 11.5 Å². The molecule has 2 amide bonds. The van der Waals surface area contributed by atoms with E-state index in [0.29, 0.717) is 29.4 Å². The zero-order chi connectivity index (χ0) is 22.1. The quantitative estimate of drug-likeness (QED) is 0.349. The summed E-state index contributed by atoms with van der Waals surface area (Å²) in [5, 5.41) is 6.36. The molecule has 2 N–H and O–H groups in total. The molecule has 0 aromatic heterocycles. The SMILES string of the molecule is COc1cc(C=NNC(=O)C(=O)Nc2cccc(C)c2)ccc1OCc1ccccc1. The summed E-state index contributed by atoms with van der Waals surface area (Å²) in [5.41, 5.74) is 5.44. The van der Waals surface area contributed by atoms with E-state index in [9.17, 15) is 9.59 Å². The van der Waals surface area contributed by atoms with Crippen LogP contribution >= 0.6 is 0 Å². The molecule has 0 fully saturated rings. The largest absolute Gasteiger partial charge is 0.493 e. The van der Waals surface area contributed by atoms with Gasteiger partial charge in [-0.15, -0.1) is 0 Å². The molecule has 0 radical (unpaired) electrons. The van der Waals surface area contributed by atoms with Crippen molar-refractivity contribution in [2.24, 2.45) is 5.10 Å². The summed E-state index contributed by atoms with van der Waals surface area (Å²) >= 11 is 0. The Balaban J connectivity index is 1.56. The van der Waals surface area contributed by atoms with Crippen molar-refractivity contribution in [3.8, 4) is 11.5 Å². The molecule has 3 aromatic rings. The summed E-state index contributed by atoms with van der Waals surface area (Å²) in [6, 6.07) is 22.2. The molecule has 0 spiro atoms. The smallest absolute Gasteiger partial charge is 0.329 e. The fraction of sp³-hybridized carbons (Fsp3) is 0.125. The Morgan fingerprint density at radius 3 is 2.48 bits per heavy atom. The second-order valence-electron chi connectivity index (χ2n) is 6.71. The number of carbonyl (C=O) groups excluding carboxylic acids is 2. The lowest BCUT2D eigenvalue weighted by molar-refractivity contribution is -0.136. The molecule has 0 aliphatic rings. The van der Waals surface area contributed by atoms with Gasteiger partial charge in [-0.1, -0.05) is 42.5 Å². The summed E-state index contributed by atoms with van der Waals surface area (Å²) in [5.74, 6) is -0.550. The van der Waals surface area contributed by atoms with Gasteiger partial charge in [-0.2, -0.15) is 5.10 Å². The molecular formula is C24H23N3O4. The Hall–Kier alpha value is -4.13. The fourth-order valence-electron chi connectivity index (χ4n) is 2.75. The van der Waals surface area contributed by atoms with Crippen LogP contribution in [0.2, 0.25) is 0 Å². The minimum absolute atomic E-state index is 0.413. The molecule has 31 heavy (non-hydrogen) atoms. The summed E-state index contributed by atoms with van der Waals surface area (Å²) < 4.78 is 11.2. The van der Waals surface area contributed by atoms with Gasteiger partial charge < -0.3 is 14.8 Å². The lowest BCUT2D eigenvalue weighted by atomic mass is 10.2. The van der Waals surface area contributed by atoms with Gasteiger partial charge in [0.1, 0.15) is 6.61 Å². The average molecular weight is 417 g/mol. The number of amides is 2. The molecule has 0 bridgehead atoms. The second-order valence-corrected chi connectivity index (χ2v) is 6.71. The van der Waals surface area contributed by atoms with Gasteiger partial charge in [0.05, 0.1) is 13.3 Å². The minimum Gasteiger partial charge on any atom is -0.493 e. The van der Waals surface area contributed by atoms with Crippen LogP contribution in [0.1, 0.15) is 16.7 Å². The van der Waals surface area contributed by atoms with E-state index in [1.165, 1.54) is 6.21 Å². The monoisotopic (exact) mass is 417 g/mol. The highest BCUT2D eigenvalue weighted by atomic mass is 16.5. The van der Waals surface area contributed by atoms with E-state index in [4.69, 9.17) is 9.47 Å². The highest BCUT2D eigenvalue weighted by molar-refractivity contribution is 6.39. The maximum absolute atomic E-state index is 12.0. The van der Waals surface area contributed by atoms with Crippen LogP contribution in [0.25, 0.3) is 0 Å². The first kappa shape index (κ1) is 21.6. The number of methoxy groups -OCH3 is 1. The number of hydrogen-bond donors (Lipinski definition) is 2. The molecule has 7 heteroatoms. The Bertz CT molecular complexity index is 1080. The van der Waals surface area contributed by atoms with E-state index in [1.54, 1.807) is 43.5 Å². The van der Waals surface area contributed by atoms with E-state index < -0.39 is 11.8 Å². The molecule has 0 aliphatic heterocycles. The van der Waals surface area contributed by atoms with Crippen molar-refractivity contribution < 1.29 is 19.1 Å². The number of ether oxygens (including phenoxy) is 2. The van der Waals surface area contributed by atoms with Gasteiger partial charge in [-0.25, -0.2) is 5.43 Å². The van der Waals surface area contributed by atoms with E-state index in [1.807, 2.05) is 43.3 Å². The molecule has 0 aliphatic carbocycles. The van der Waals surface area contributed by atoms with Crippen molar-refractivity contribution in [1.29, 1.82) is 0 Å². The van der Waals surface area contributed by atoms with E-state index in [2.05, 4.69) is 15.8 Å². The van der Waals surface area contributed by atoms with Crippen molar-refractivity contribution in [2.75, 3.05) is 12.4 Å². The van der Waals surface area contributed by atoms with Gasteiger partial charge in [0.25, 0.3) is 0 Å². The number of nitrogens with one attached hydrogen (secondary N) is 2. The molecule has 0 atom stereocenters. The van der Waals surface area contributed by atoms with Gasteiger partial charge >= 0.3 is 11.8 Å². The lowest BCUT2D eigenvalue weighted by Gasteiger charge is -2.11. The zero-order valence-electron chi connectivity index (χ0n) is 17.3. The number of carbonyl (C=O) groups is 2. The summed E-state index contributed by atoms with van der Waals surface area (Å²) in [6.45, 7) is 2.31. The summed E-state index contributed by atoms with van der Waals surface area (Å²) in [7, 11) is 1.54. The lowest BCUT2D eigenvalue weighted by Crippen LogP contribution is -2.32. The molecule has 0 saturated carbocycles. The van der Waals surface area contributed by atoms with Crippen molar-refractivity contribution in [3.63, 3.8) is 0 Å². The normalized spacial score (nSPS) is 10.5. The predicted molar refractivity (Wildman–Crippen MR) is 119 cm³/mol. The number of benzene rings is 3. The van der Waals surface area contributed by atoms with Gasteiger partial charge in [-0.3, -0.25) is 9.59 Å². The second kappa shape index (κ2) is 10.6. The molecule has 0 saturated heterocycles. The van der Waals surface area contributed by atoms with Gasteiger partial charge in [0, 0.05) is 5.69 Å². The number of nitrogens with zero attached hydrogens (tertiary/aromatic N) is 1. The zero-order valence-corrected chi connectivity index (χ0v) is 17.3. The van der Waals surface area contributed by atoms with E-state index in [-0.39, 0.29) is 0 Å². The molecule has 0 heterocycles. The predicted octanol–water partition coefficient (Wildman–Crippen LogP) is 3.67. The molecule has 0 unspecified atom stereocenters. The summed E-state index contributed by atoms with van der Waals surface area (Å²) in [6.07, 6.45) is 1.42.